The number of hydrogen-bond donors (Lipinski definition) is 1. The van der Waals surface area contributed by atoms with E-state index in [1.807, 2.05) is 0 Å². The molecule has 3 nitrogen and oxygen atoms in total. The Labute approximate surface area is 80.9 Å². The van der Waals surface area contributed by atoms with Crippen molar-refractivity contribution in [2.45, 2.75) is 6.61 Å². The molecule has 1 N–H and O–H groups in total. The maximum atomic E-state index is 11.0. The fraction of sp³-hybridized carbons (Fsp3) is 0.222. The van der Waals surface area contributed by atoms with E-state index in [0.29, 0.717) is 16.1 Å². The van der Waals surface area contributed by atoms with E-state index < -0.39 is 5.97 Å². The highest BCUT2D eigenvalue weighted by atomic mass is 35.5. The molecule has 0 saturated heterocycles. The summed E-state index contributed by atoms with van der Waals surface area (Å²) in [5, 5.41) is 9.30. The minimum atomic E-state index is -0.439. The molecule has 0 saturated carbocycles. The molecule has 0 atom stereocenters. The average Bonchev–Trinajstić information content (AvgIpc) is 2.17. The number of aliphatic hydroxyl groups excluding tert-OH is 1. The van der Waals surface area contributed by atoms with Gasteiger partial charge in [-0.05, 0) is 23.8 Å². The molecule has 0 bridgehead atoms. The van der Waals surface area contributed by atoms with Crippen LogP contribution in [-0.4, -0.2) is 18.2 Å². The lowest BCUT2D eigenvalue weighted by Crippen LogP contribution is -2.02. The van der Waals surface area contributed by atoms with Gasteiger partial charge in [0.25, 0.3) is 0 Å². The van der Waals surface area contributed by atoms with Crippen LogP contribution in [0.1, 0.15) is 15.9 Å². The van der Waals surface area contributed by atoms with Gasteiger partial charge in [0.05, 0.1) is 19.3 Å². The standard InChI is InChI=1S/C9H9ClO3/c1-13-9(12)6-2-3-8(10)7(4-6)5-11/h2-4,11H,5H2,1H3. The van der Waals surface area contributed by atoms with Crippen molar-refractivity contribution in [2.24, 2.45) is 0 Å². The third kappa shape index (κ3) is 2.20. The summed E-state index contributed by atoms with van der Waals surface area (Å²) in [6, 6.07) is 4.61. The van der Waals surface area contributed by atoms with Gasteiger partial charge in [-0.2, -0.15) is 0 Å². The Balaban J connectivity index is 3.06. The van der Waals surface area contributed by atoms with Crippen LogP contribution in [0.5, 0.6) is 0 Å². The summed E-state index contributed by atoms with van der Waals surface area (Å²) in [7, 11) is 1.30. The van der Waals surface area contributed by atoms with Crippen LogP contribution in [0.2, 0.25) is 5.02 Å². The number of carbonyl (C=O) groups is 1. The van der Waals surface area contributed by atoms with E-state index in [9.17, 15) is 4.79 Å². The van der Waals surface area contributed by atoms with Gasteiger partial charge >= 0.3 is 5.97 Å². The minimum absolute atomic E-state index is 0.191. The molecule has 70 valence electrons. The number of rotatable bonds is 2. The monoisotopic (exact) mass is 200 g/mol. The van der Waals surface area contributed by atoms with Crippen LogP contribution in [0.4, 0.5) is 0 Å². The lowest BCUT2D eigenvalue weighted by atomic mass is 10.1. The number of ether oxygens (including phenoxy) is 1. The van der Waals surface area contributed by atoms with Gasteiger partial charge in [-0.15, -0.1) is 0 Å². The summed E-state index contributed by atoms with van der Waals surface area (Å²) in [5.41, 5.74) is 0.903. The fourth-order valence-corrected chi connectivity index (χ4v) is 1.12. The topological polar surface area (TPSA) is 46.5 Å². The second kappa shape index (κ2) is 4.25. The predicted molar refractivity (Wildman–Crippen MR) is 48.7 cm³/mol. The molecule has 0 radical (unpaired) electrons. The summed E-state index contributed by atoms with van der Waals surface area (Å²) >= 11 is 5.73. The van der Waals surface area contributed by atoms with E-state index in [4.69, 9.17) is 16.7 Å². The Hall–Kier alpha value is -1.06. The van der Waals surface area contributed by atoms with Crippen molar-refractivity contribution in [3.05, 3.63) is 34.3 Å². The highest BCUT2D eigenvalue weighted by molar-refractivity contribution is 6.31. The molecule has 0 aliphatic rings. The molecule has 0 aliphatic heterocycles. The van der Waals surface area contributed by atoms with Crippen molar-refractivity contribution in [3.8, 4) is 0 Å². The molecule has 1 aromatic rings. The minimum Gasteiger partial charge on any atom is -0.465 e. The van der Waals surface area contributed by atoms with Crippen molar-refractivity contribution < 1.29 is 14.6 Å². The Bertz CT molecular complexity index is 323. The van der Waals surface area contributed by atoms with E-state index >= 15 is 0 Å². The number of esters is 1. The van der Waals surface area contributed by atoms with Crippen LogP contribution < -0.4 is 0 Å². The van der Waals surface area contributed by atoms with Crippen LogP contribution >= 0.6 is 11.6 Å². The third-order valence-electron chi connectivity index (χ3n) is 1.64. The molecule has 13 heavy (non-hydrogen) atoms. The number of halogens is 1. The molecule has 1 rings (SSSR count). The van der Waals surface area contributed by atoms with E-state index in [2.05, 4.69) is 4.74 Å². The molecule has 0 spiro atoms. The number of aliphatic hydroxyl groups is 1. The number of methoxy groups -OCH3 is 1. The number of carbonyl (C=O) groups excluding carboxylic acids is 1. The number of hydrogen-bond acceptors (Lipinski definition) is 3. The van der Waals surface area contributed by atoms with Gasteiger partial charge in [-0.1, -0.05) is 11.6 Å². The Morgan fingerprint density at radius 1 is 1.62 bits per heavy atom. The first-order chi connectivity index (χ1) is 6.19. The molecular weight excluding hydrogens is 192 g/mol. The van der Waals surface area contributed by atoms with Gasteiger partial charge in [0.2, 0.25) is 0 Å². The molecule has 0 aromatic heterocycles. The second-order valence-electron chi connectivity index (χ2n) is 2.46. The van der Waals surface area contributed by atoms with Crippen molar-refractivity contribution in [1.82, 2.24) is 0 Å². The molecular formula is C9H9ClO3. The molecule has 4 heteroatoms. The molecule has 0 amide bonds. The highest BCUT2D eigenvalue weighted by Gasteiger charge is 2.07. The lowest BCUT2D eigenvalue weighted by molar-refractivity contribution is 0.0600. The van der Waals surface area contributed by atoms with Gasteiger partial charge in [-0.25, -0.2) is 4.79 Å². The van der Waals surface area contributed by atoms with E-state index in [-0.39, 0.29) is 6.61 Å². The molecule has 0 aliphatic carbocycles. The van der Waals surface area contributed by atoms with Crippen LogP contribution in [0.3, 0.4) is 0 Å². The summed E-state index contributed by atoms with van der Waals surface area (Å²) < 4.78 is 4.51. The third-order valence-corrected chi connectivity index (χ3v) is 2.01. The second-order valence-corrected chi connectivity index (χ2v) is 2.86. The van der Waals surface area contributed by atoms with Gasteiger partial charge in [0.15, 0.2) is 0 Å². The first kappa shape index (κ1) is 10.0. The SMILES string of the molecule is COC(=O)c1ccc(Cl)c(CO)c1. The summed E-state index contributed by atoms with van der Waals surface area (Å²) in [5.74, 6) is -0.439. The Morgan fingerprint density at radius 3 is 2.85 bits per heavy atom. The maximum Gasteiger partial charge on any atom is 0.337 e. The zero-order chi connectivity index (χ0) is 9.84. The summed E-state index contributed by atoms with van der Waals surface area (Å²) in [4.78, 5) is 11.0. The van der Waals surface area contributed by atoms with Gasteiger partial charge in [0, 0.05) is 5.02 Å². The fourth-order valence-electron chi connectivity index (χ4n) is 0.941. The molecule has 0 unspecified atom stereocenters. The molecule has 0 fully saturated rings. The smallest absolute Gasteiger partial charge is 0.337 e. The van der Waals surface area contributed by atoms with E-state index in [1.165, 1.54) is 13.2 Å². The van der Waals surface area contributed by atoms with Crippen molar-refractivity contribution in [1.29, 1.82) is 0 Å². The normalized spacial score (nSPS) is 9.77. The zero-order valence-electron chi connectivity index (χ0n) is 7.08. The van der Waals surface area contributed by atoms with Crippen LogP contribution in [0.15, 0.2) is 18.2 Å². The quantitative estimate of drug-likeness (QED) is 0.738. The maximum absolute atomic E-state index is 11.0. The first-order valence-corrected chi connectivity index (χ1v) is 4.04. The molecule has 1 aromatic carbocycles. The Morgan fingerprint density at radius 2 is 2.31 bits per heavy atom. The lowest BCUT2D eigenvalue weighted by Gasteiger charge is -2.03. The highest BCUT2D eigenvalue weighted by Crippen LogP contribution is 2.17. The largest absolute Gasteiger partial charge is 0.465 e. The van der Waals surface area contributed by atoms with E-state index in [0.717, 1.165) is 0 Å². The van der Waals surface area contributed by atoms with Gasteiger partial charge in [0.1, 0.15) is 0 Å². The summed E-state index contributed by atoms with van der Waals surface area (Å²) in [6.07, 6.45) is 0. The van der Waals surface area contributed by atoms with Crippen LogP contribution in [0.25, 0.3) is 0 Å². The van der Waals surface area contributed by atoms with Gasteiger partial charge < -0.3 is 9.84 Å². The predicted octanol–water partition coefficient (Wildman–Crippen LogP) is 1.62. The zero-order valence-corrected chi connectivity index (χ0v) is 7.84. The Kier molecular flexibility index (Phi) is 3.28. The van der Waals surface area contributed by atoms with Crippen molar-refractivity contribution >= 4 is 17.6 Å². The van der Waals surface area contributed by atoms with Crippen molar-refractivity contribution in [3.63, 3.8) is 0 Å². The van der Waals surface area contributed by atoms with Crippen LogP contribution in [0, 0.1) is 0 Å². The first-order valence-electron chi connectivity index (χ1n) is 3.66. The van der Waals surface area contributed by atoms with E-state index in [1.54, 1.807) is 12.1 Å². The average molecular weight is 201 g/mol. The van der Waals surface area contributed by atoms with Crippen molar-refractivity contribution in [2.75, 3.05) is 7.11 Å². The molecule has 0 heterocycles. The van der Waals surface area contributed by atoms with Gasteiger partial charge in [-0.3, -0.25) is 0 Å². The number of benzene rings is 1. The summed E-state index contributed by atoms with van der Waals surface area (Å²) in [6.45, 7) is -0.191. The van der Waals surface area contributed by atoms with Crippen LogP contribution in [-0.2, 0) is 11.3 Å².